The molecule has 0 atom stereocenters. The number of rotatable bonds is 9. The molecule has 0 bridgehead atoms. The molecule has 5 heteroatoms. The third-order valence-electron chi connectivity index (χ3n) is 3.40. The number of methoxy groups -OCH3 is 1. The van der Waals surface area contributed by atoms with E-state index < -0.39 is 0 Å². The second kappa shape index (κ2) is 8.67. The number of carbonyl (C=O) groups excluding carboxylic acids is 3. The van der Waals surface area contributed by atoms with Gasteiger partial charge in [0.05, 0.1) is 7.11 Å². The van der Waals surface area contributed by atoms with Crippen molar-refractivity contribution in [3.8, 4) is 0 Å². The van der Waals surface area contributed by atoms with Crippen molar-refractivity contribution in [1.29, 1.82) is 0 Å². The Kier molecular flexibility index (Phi) is 7.15. The first kappa shape index (κ1) is 15.7. The van der Waals surface area contributed by atoms with Crippen LogP contribution in [0.5, 0.6) is 0 Å². The molecule has 0 spiro atoms. The minimum absolute atomic E-state index is 0.0260. The summed E-state index contributed by atoms with van der Waals surface area (Å²) in [4.78, 5) is 34.8. The second-order valence-electron chi connectivity index (χ2n) is 4.89. The summed E-state index contributed by atoms with van der Waals surface area (Å²) >= 11 is 0. The van der Waals surface area contributed by atoms with Crippen LogP contribution in [0, 0.1) is 0 Å². The first-order valence-corrected chi connectivity index (χ1v) is 7.05. The van der Waals surface area contributed by atoms with E-state index in [1.165, 1.54) is 12.0 Å². The van der Waals surface area contributed by atoms with Crippen LogP contribution >= 0.6 is 0 Å². The van der Waals surface area contributed by atoms with Crippen LogP contribution in [0.15, 0.2) is 0 Å². The molecule has 1 rings (SSSR count). The van der Waals surface area contributed by atoms with Gasteiger partial charge in [-0.05, 0) is 12.8 Å². The molecule has 0 radical (unpaired) electrons. The van der Waals surface area contributed by atoms with Crippen LogP contribution in [0.3, 0.4) is 0 Å². The number of likely N-dealkylation sites (tertiary alicyclic amines) is 1. The van der Waals surface area contributed by atoms with Crippen molar-refractivity contribution in [2.75, 3.05) is 13.7 Å². The lowest BCUT2D eigenvalue weighted by molar-refractivity contribution is -0.152. The molecule has 0 saturated carbocycles. The Labute approximate surface area is 114 Å². The maximum atomic E-state index is 11.5. The zero-order valence-corrected chi connectivity index (χ0v) is 11.7. The molecule has 0 aliphatic carbocycles. The van der Waals surface area contributed by atoms with Crippen LogP contribution in [0.25, 0.3) is 0 Å². The number of unbranched alkanes of at least 4 members (excludes halogenated alkanes) is 5. The van der Waals surface area contributed by atoms with Crippen molar-refractivity contribution in [3.63, 3.8) is 0 Å². The molecule has 1 heterocycles. The molecule has 1 aliphatic rings. The zero-order chi connectivity index (χ0) is 14.1. The van der Waals surface area contributed by atoms with E-state index in [0.29, 0.717) is 25.8 Å². The van der Waals surface area contributed by atoms with E-state index in [0.717, 1.165) is 38.5 Å². The van der Waals surface area contributed by atoms with E-state index in [1.54, 1.807) is 0 Å². The Balaban J connectivity index is 1.87. The van der Waals surface area contributed by atoms with Gasteiger partial charge in [-0.3, -0.25) is 19.3 Å². The molecule has 0 N–H and O–H groups in total. The summed E-state index contributed by atoms with van der Waals surface area (Å²) < 4.78 is 4.56. The molecule has 1 saturated heterocycles. The highest BCUT2D eigenvalue weighted by Crippen LogP contribution is 2.14. The number of hydrogen-bond donors (Lipinski definition) is 0. The fourth-order valence-electron chi connectivity index (χ4n) is 2.07. The summed E-state index contributed by atoms with van der Waals surface area (Å²) in [5.41, 5.74) is 0. The van der Waals surface area contributed by atoms with Gasteiger partial charge in [-0.25, -0.2) is 0 Å². The van der Waals surface area contributed by atoms with Gasteiger partial charge < -0.3 is 4.74 Å². The van der Waals surface area contributed by atoms with Crippen LogP contribution in [0.2, 0.25) is 0 Å². The standard InChI is InChI=1S/C14H23NO4/c1-19-14(18)9-7-5-3-2-4-6-8-12(16)15-11-10-13(15)17/h2-11H2,1H3. The fraction of sp³-hybridized carbons (Fsp3) is 0.786. The number of amides is 2. The molecular weight excluding hydrogens is 246 g/mol. The first-order valence-electron chi connectivity index (χ1n) is 7.05. The first-order chi connectivity index (χ1) is 9.15. The molecule has 0 aromatic carbocycles. The van der Waals surface area contributed by atoms with E-state index >= 15 is 0 Å². The fourth-order valence-corrected chi connectivity index (χ4v) is 2.07. The molecule has 2 amide bonds. The predicted octanol–water partition coefficient (Wildman–Crippen LogP) is 2.04. The van der Waals surface area contributed by atoms with Gasteiger partial charge in [0.15, 0.2) is 0 Å². The van der Waals surface area contributed by atoms with Crippen molar-refractivity contribution < 1.29 is 19.1 Å². The third-order valence-corrected chi connectivity index (χ3v) is 3.40. The van der Waals surface area contributed by atoms with Gasteiger partial charge in [0.25, 0.3) is 0 Å². The highest BCUT2D eigenvalue weighted by Gasteiger charge is 2.28. The molecule has 5 nitrogen and oxygen atoms in total. The lowest BCUT2D eigenvalue weighted by Gasteiger charge is -2.28. The molecule has 0 aromatic heterocycles. The molecule has 1 fully saturated rings. The number of esters is 1. The van der Waals surface area contributed by atoms with Crippen molar-refractivity contribution >= 4 is 17.8 Å². The monoisotopic (exact) mass is 269 g/mol. The number of carbonyl (C=O) groups is 3. The molecule has 108 valence electrons. The minimum Gasteiger partial charge on any atom is -0.469 e. The maximum absolute atomic E-state index is 11.5. The van der Waals surface area contributed by atoms with E-state index in [-0.39, 0.29) is 17.8 Å². The van der Waals surface area contributed by atoms with E-state index in [1.807, 2.05) is 0 Å². The van der Waals surface area contributed by atoms with Gasteiger partial charge in [0.2, 0.25) is 11.8 Å². The van der Waals surface area contributed by atoms with Crippen molar-refractivity contribution in [2.45, 2.75) is 57.8 Å². The Bertz CT molecular complexity index is 327. The van der Waals surface area contributed by atoms with Gasteiger partial charge >= 0.3 is 5.97 Å². The smallest absolute Gasteiger partial charge is 0.305 e. The second-order valence-corrected chi connectivity index (χ2v) is 4.89. The van der Waals surface area contributed by atoms with Gasteiger partial charge in [-0.1, -0.05) is 25.7 Å². The highest BCUT2D eigenvalue weighted by atomic mass is 16.5. The van der Waals surface area contributed by atoms with Crippen LogP contribution in [0.4, 0.5) is 0 Å². The minimum atomic E-state index is -0.148. The SMILES string of the molecule is COC(=O)CCCCCCCCC(=O)N1CCC1=O. The van der Waals surface area contributed by atoms with E-state index in [2.05, 4.69) is 4.74 Å². The lowest BCUT2D eigenvalue weighted by Crippen LogP contribution is -2.47. The Morgan fingerprint density at radius 2 is 1.63 bits per heavy atom. The average molecular weight is 269 g/mol. The highest BCUT2D eigenvalue weighted by molar-refractivity contribution is 5.99. The normalized spacial score (nSPS) is 14.2. The molecule has 19 heavy (non-hydrogen) atoms. The van der Waals surface area contributed by atoms with Gasteiger partial charge in [-0.2, -0.15) is 0 Å². The number of imide groups is 1. The number of hydrogen-bond acceptors (Lipinski definition) is 4. The Morgan fingerprint density at radius 3 is 2.11 bits per heavy atom. The predicted molar refractivity (Wildman–Crippen MR) is 70.3 cm³/mol. The Morgan fingerprint density at radius 1 is 1.05 bits per heavy atom. The zero-order valence-electron chi connectivity index (χ0n) is 11.7. The lowest BCUT2D eigenvalue weighted by atomic mass is 10.1. The van der Waals surface area contributed by atoms with Gasteiger partial charge in [-0.15, -0.1) is 0 Å². The summed E-state index contributed by atoms with van der Waals surface area (Å²) in [5, 5.41) is 0. The van der Waals surface area contributed by atoms with Crippen molar-refractivity contribution in [2.24, 2.45) is 0 Å². The summed E-state index contributed by atoms with van der Waals surface area (Å²) in [5.74, 6) is -0.209. The molecule has 0 unspecified atom stereocenters. The summed E-state index contributed by atoms with van der Waals surface area (Å²) in [6, 6.07) is 0. The van der Waals surface area contributed by atoms with E-state index in [9.17, 15) is 14.4 Å². The summed E-state index contributed by atoms with van der Waals surface area (Å²) in [6.07, 6.45) is 7.38. The van der Waals surface area contributed by atoms with Gasteiger partial charge in [0, 0.05) is 25.8 Å². The average Bonchev–Trinajstić information content (AvgIpc) is 2.39. The van der Waals surface area contributed by atoms with Gasteiger partial charge in [0.1, 0.15) is 0 Å². The topological polar surface area (TPSA) is 63.7 Å². The van der Waals surface area contributed by atoms with Crippen LogP contribution in [-0.2, 0) is 19.1 Å². The van der Waals surface area contributed by atoms with Crippen molar-refractivity contribution in [3.05, 3.63) is 0 Å². The summed E-state index contributed by atoms with van der Waals surface area (Å²) in [7, 11) is 1.40. The number of nitrogens with zero attached hydrogens (tertiary/aromatic N) is 1. The van der Waals surface area contributed by atoms with Crippen molar-refractivity contribution in [1.82, 2.24) is 4.90 Å². The molecular formula is C14H23NO4. The summed E-state index contributed by atoms with van der Waals surface area (Å²) in [6.45, 7) is 0.602. The van der Waals surface area contributed by atoms with E-state index in [4.69, 9.17) is 0 Å². The Hall–Kier alpha value is -1.39. The van der Waals surface area contributed by atoms with Crippen LogP contribution in [-0.4, -0.2) is 36.3 Å². The molecule has 1 aliphatic heterocycles. The largest absolute Gasteiger partial charge is 0.469 e. The maximum Gasteiger partial charge on any atom is 0.305 e. The third kappa shape index (κ3) is 5.85. The quantitative estimate of drug-likeness (QED) is 0.365. The number of ether oxygens (including phenoxy) is 1. The van der Waals surface area contributed by atoms with Crippen LogP contribution in [0.1, 0.15) is 57.8 Å². The van der Waals surface area contributed by atoms with Crippen LogP contribution < -0.4 is 0 Å². The molecule has 0 aromatic rings. The number of β-lactam (4-membered cyclic amide) rings is 1.